The van der Waals surface area contributed by atoms with Crippen LogP contribution in [0.1, 0.15) is 28.9 Å². The van der Waals surface area contributed by atoms with Crippen molar-refractivity contribution in [2.45, 2.75) is 41.1 Å². The van der Waals surface area contributed by atoms with E-state index in [0.717, 1.165) is 11.7 Å². The van der Waals surface area contributed by atoms with Gasteiger partial charge >= 0.3 is 12.1 Å². The number of nitriles is 1. The monoisotopic (exact) mass is 580 g/mol. The Balaban J connectivity index is 1.75. The Bertz CT molecular complexity index is 1440. The molecule has 0 aliphatic heterocycles. The first-order chi connectivity index (χ1) is 17.6. The van der Waals surface area contributed by atoms with Crippen molar-refractivity contribution < 1.29 is 35.5 Å². The summed E-state index contributed by atoms with van der Waals surface area (Å²) in [5.41, 5.74) is -2.12. The van der Waals surface area contributed by atoms with E-state index >= 15 is 0 Å². The number of thioether (sulfide) groups is 1. The number of aromatic nitrogens is 4. The molecule has 0 N–H and O–H groups in total. The minimum atomic E-state index is -6.07. The van der Waals surface area contributed by atoms with Crippen molar-refractivity contribution in [3.05, 3.63) is 46.9 Å². The fourth-order valence-corrected chi connectivity index (χ4v) is 4.75. The summed E-state index contributed by atoms with van der Waals surface area (Å²) in [7, 11) is 2.48. The van der Waals surface area contributed by atoms with Crippen molar-refractivity contribution in [2.75, 3.05) is 7.05 Å². The molecule has 1 aromatic carbocycles. The van der Waals surface area contributed by atoms with Crippen LogP contribution in [0.25, 0.3) is 16.9 Å². The highest BCUT2D eigenvalue weighted by Gasteiger charge is 2.62. The molecule has 2 aromatic heterocycles. The minimum Gasteiger partial charge on any atom is -0.323 e. The first kappa shape index (κ1) is 27.8. The number of nitrogens with zero attached hydrogens (tertiary/aromatic N) is 6. The van der Waals surface area contributed by atoms with Crippen LogP contribution >= 0.6 is 23.4 Å². The van der Waals surface area contributed by atoms with E-state index in [0.29, 0.717) is 23.1 Å². The van der Waals surface area contributed by atoms with Gasteiger partial charge in [0.1, 0.15) is 5.54 Å². The number of carbonyl (C=O) groups excluding carboxylic acids is 1. The summed E-state index contributed by atoms with van der Waals surface area (Å²) >= 11 is 5.70. The molecule has 1 amide bonds. The number of hydrogen-bond acceptors (Lipinski definition) is 5. The van der Waals surface area contributed by atoms with Gasteiger partial charge in [-0.2, -0.15) is 46.2 Å². The lowest BCUT2D eigenvalue weighted by Gasteiger charge is -2.23. The van der Waals surface area contributed by atoms with E-state index in [-0.39, 0.29) is 16.1 Å². The maximum absolute atomic E-state index is 14.1. The summed E-state index contributed by atoms with van der Waals surface area (Å²) in [6, 6.07) is 6.40. The second-order valence-electron chi connectivity index (χ2n) is 8.45. The highest BCUT2D eigenvalue weighted by atomic mass is 35.5. The summed E-state index contributed by atoms with van der Waals surface area (Å²) in [5, 5.41) is 16.6. The Labute approximate surface area is 219 Å². The molecule has 16 heteroatoms. The van der Waals surface area contributed by atoms with Crippen molar-refractivity contribution >= 4 is 29.3 Å². The first-order valence-electron chi connectivity index (χ1n) is 10.6. The molecule has 0 bridgehead atoms. The first-order valence-corrected chi connectivity index (χ1v) is 11.9. The van der Waals surface area contributed by atoms with Crippen LogP contribution < -0.4 is 0 Å². The van der Waals surface area contributed by atoms with Crippen molar-refractivity contribution in [1.82, 2.24) is 24.5 Å². The van der Waals surface area contributed by atoms with Crippen LogP contribution in [0.15, 0.2) is 35.5 Å². The molecule has 2 heterocycles. The molecule has 0 saturated heterocycles. The van der Waals surface area contributed by atoms with Gasteiger partial charge in [0.2, 0.25) is 0 Å². The maximum atomic E-state index is 14.1. The van der Waals surface area contributed by atoms with Crippen molar-refractivity contribution in [3.63, 3.8) is 0 Å². The molecule has 0 radical (unpaired) electrons. The molecule has 0 unspecified atom stereocenters. The number of halogens is 8. The number of rotatable bonds is 7. The van der Waals surface area contributed by atoms with Crippen molar-refractivity contribution in [2.24, 2.45) is 7.05 Å². The van der Waals surface area contributed by atoms with Crippen LogP contribution in [0.3, 0.4) is 0 Å². The zero-order chi connectivity index (χ0) is 28.2. The van der Waals surface area contributed by atoms with Crippen LogP contribution in [0.5, 0.6) is 0 Å². The Morgan fingerprint density at radius 1 is 1.24 bits per heavy atom. The van der Waals surface area contributed by atoms with Gasteiger partial charge in [-0.05, 0) is 42.3 Å². The molecule has 7 nitrogen and oxygen atoms in total. The summed E-state index contributed by atoms with van der Waals surface area (Å²) in [6.45, 7) is 0. The topological polar surface area (TPSA) is 79.7 Å². The number of carbonyl (C=O) groups is 1. The third kappa shape index (κ3) is 4.71. The van der Waals surface area contributed by atoms with Gasteiger partial charge in [0.25, 0.3) is 11.7 Å². The highest BCUT2D eigenvalue weighted by molar-refractivity contribution is 7.99. The SMILES string of the molecule is CN(C(=O)c1cc(-c2cnn(-c3c(SC(F)F)c(C(F)(F)C(F)(F)F)nn3C)c2)ccc1Cl)C1(C#N)CC1. The normalized spacial score (nSPS) is 15.0. The molecule has 1 aliphatic carbocycles. The average molecular weight is 581 g/mol. The van der Waals surface area contributed by atoms with Crippen LogP contribution in [0.2, 0.25) is 5.02 Å². The van der Waals surface area contributed by atoms with Crippen LogP contribution in [-0.4, -0.2) is 54.9 Å². The molecule has 4 rings (SSSR count). The zero-order valence-electron chi connectivity index (χ0n) is 19.4. The van der Waals surface area contributed by atoms with E-state index in [9.17, 15) is 40.8 Å². The largest absolute Gasteiger partial charge is 0.459 e. The summed E-state index contributed by atoms with van der Waals surface area (Å²) in [6.07, 6.45) is -2.66. The molecular formula is C22H16ClF7N6OS. The van der Waals surface area contributed by atoms with Gasteiger partial charge in [-0.15, -0.1) is 0 Å². The predicted octanol–water partition coefficient (Wildman–Crippen LogP) is 6.02. The minimum absolute atomic E-state index is 0.0579. The van der Waals surface area contributed by atoms with Gasteiger partial charge in [-0.25, -0.2) is 9.36 Å². The molecular weight excluding hydrogens is 565 g/mol. The molecule has 0 atom stereocenters. The lowest BCUT2D eigenvalue weighted by atomic mass is 10.0. The molecule has 202 valence electrons. The molecule has 38 heavy (non-hydrogen) atoms. The summed E-state index contributed by atoms with van der Waals surface area (Å²) in [5.74, 6) is -9.91. The van der Waals surface area contributed by atoms with Crippen LogP contribution in [0.4, 0.5) is 30.7 Å². The fourth-order valence-electron chi connectivity index (χ4n) is 3.76. The average Bonchev–Trinajstić information content (AvgIpc) is 3.37. The Morgan fingerprint density at radius 3 is 2.45 bits per heavy atom. The molecule has 3 aromatic rings. The standard InChI is InChI=1S/C22H16ClF7N6OS/c1-34(20(10-31)5-6-20)18(37)13-7-11(3-4-14(13)23)12-8-32-36(9-12)17-15(38-19(24)25)16(33-35(17)2)21(26,27)22(28,29)30/h3-4,7-9,19H,5-6H2,1-2H3. The number of amides is 1. The number of aryl methyl sites for hydroxylation is 1. The molecule has 1 aliphatic rings. The summed E-state index contributed by atoms with van der Waals surface area (Å²) < 4.78 is 95.2. The lowest BCUT2D eigenvalue weighted by molar-refractivity contribution is -0.292. The zero-order valence-corrected chi connectivity index (χ0v) is 21.0. The van der Waals surface area contributed by atoms with Crippen LogP contribution in [0, 0.1) is 11.3 Å². The lowest BCUT2D eigenvalue weighted by Crippen LogP contribution is -2.38. The van der Waals surface area contributed by atoms with E-state index in [1.54, 1.807) is 0 Å². The molecule has 0 spiro atoms. The van der Waals surface area contributed by atoms with Gasteiger partial charge in [-0.3, -0.25) is 4.79 Å². The fraction of sp³-hybridized carbons (Fsp3) is 0.364. The van der Waals surface area contributed by atoms with Gasteiger partial charge < -0.3 is 4.90 Å². The second-order valence-corrected chi connectivity index (χ2v) is 9.86. The van der Waals surface area contributed by atoms with Crippen molar-refractivity contribution in [3.8, 4) is 23.0 Å². The van der Waals surface area contributed by atoms with Crippen LogP contribution in [-0.2, 0) is 13.0 Å². The van der Waals surface area contributed by atoms with Gasteiger partial charge in [0.05, 0.1) is 27.7 Å². The van der Waals surface area contributed by atoms with Crippen molar-refractivity contribution in [1.29, 1.82) is 5.26 Å². The smallest absolute Gasteiger partial charge is 0.323 e. The maximum Gasteiger partial charge on any atom is 0.459 e. The van der Waals surface area contributed by atoms with E-state index in [1.807, 2.05) is 0 Å². The molecule has 1 fully saturated rings. The van der Waals surface area contributed by atoms with E-state index in [1.165, 1.54) is 42.5 Å². The van der Waals surface area contributed by atoms with Gasteiger partial charge in [0.15, 0.2) is 11.5 Å². The Hall–Kier alpha value is -3.25. The predicted molar refractivity (Wildman–Crippen MR) is 122 cm³/mol. The van der Waals surface area contributed by atoms with E-state index < -0.39 is 57.5 Å². The second kappa shape index (κ2) is 9.49. The molecule has 1 saturated carbocycles. The van der Waals surface area contributed by atoms with Gasteiger partial charge in [0, 0.05) is 25.9 Å². The third-order valence-corrected chi connectivity index (χ3v) is 7.16. The third-order valence-electron chi connectivity index (χ3n) is 6.04. The van der Waals surface area contributed by atoms with E-state index in [2.05, 4.69) is 16.3 Å². The quantitative estimate of drug-likeness (QED) is 0.252. The van der Waals surface area contributed by atoms with E-state index in [4.69, 9.17) is 11.6 Å². The summed E-state index contributed by atoms with van der Waals surface area (Å²) in [4.78, 5) is 13.2. The number of hydrogen-bond donors (Lipinski definition) is 0. The Morgan fingerprint density at radius 2 is 1.89 bits per heavy atom. The Kier molecular flexibility index (Phi) is 6.94. The number of benzene rings is 1. The van der Waals surface area contributed by atoms with Gasteiger partial charge in [-0.1, -0.05) is 17.7 Å². The highest BCUT2D eigenvalue weighted by Crippen LogP contribution is 2.48. The number of alkyl halides is 7.